The number of aliphatic hydroxyl groups is 2. The number of nitrogens with one attached hydrogen (secondary N) is 1. The topological polar surface area (TPSA) is 78.8 Å². The number of ether oxygens (including phenoxy) is 1. The Balaban J connectivity index is 1.29. The lowest BCUT2D eigenvalue weighted by Gasteiger charge is -2.19. The molecule has 0 bridgehead atoms. The van der Waals surface area contributed by atoms with E-state index in [4.69, 9.17) is 4.74 Å². The van der Waals surface area contributed by atoms with Gasteiger partial charge in [0, 0.05) is 22.5 Å². The molecule has 166 valence electrons. The second-order valence-electron chi connectivity index (χ2n) is 7.72. The molecule has 7 heteroatoms. The fourth-order valence-electron chi connectivity index (χ4n) is 4.08. The molecule has 0 saturated heterocycles. The number of halogens is 2. The normalized spacial score (nSPS) is 14.4. The molecule has 1 aliphatic carbocycles. The third kappa shape index (κ3) is 4.70. The van der Waals surface area contributed by atoms with Gasteiger partial charge < -0.3 is 20.3 Å². The first-order valence-electron chi connectivity index (χ1n) is 10.4. The van der Waals surface area contributed by atoms with E-state index in [-0.39, 0.29) is 31.1 Å². The van der Waals surface area contributed by atoms with Gasteiger partial charge in [0.1, 0.15) is 18.5 Å². The van der Waals surface area contributed by atoms with Gasteiger partial charge in [-0.1, -0.05) is 64.5 Å². The van der Waals surface area contributed by atoms with Crippen LogP contribution in [0.1, 0.15) is 35.1 Å². The number of hydrogen-bond acceptors (Lipinski definition) is 4. The van der Waals surface area contributed by atoms with E-state index < -0.39 is 24.1 Å². The number of alkyl carbamates (subject to hydrolysis) is 1. The standard InChI is InChI=1S/C25H23BrFNO4/c26-15-9-10-22(27)20(13-15)24(30)23(29)11-12-28-25(31)32-14-21-18-7-3-1-5-16(18)17-6-2-4-8-19(17)21/h1-10,13,21,23-24,29-30H,11-12,14H2,(H,28,31). The van der Waals surface area contributed by atoms with Crippen molar-refractivity contribution in [3.8, 4) is 11.1 Å². The van der Waals surface area contributed by atoms with E-state index in [1.54, 1.807) is 0 Å². The Labute approximate surface area is 194 Å². The van der Waals surface area contributed by atoms with Crippen LogP contribution >= 0.6 is 15.9 Å². The summed E-state index contributed by atoms with van der Waals surface area (Å²) >= 11 is 3.22. The lowest BCUT2D eigenvalue weighted by atomic mass is 9.98. The number of rotatable bonds is 7. The Kier molecular flexibility index (Phi) is 6.89. The Bertz CT molecular complexity index is 1080. The van der Waals surface area contributed by atoms with Gasteiger partial charge in [-0.25, -0.2) is 9.18 Å². The summed E-state index contributed by atoms with van der Waals surface area (Å²) in [5, 5.41) is 23.0. The number of fused-ring (bicyclic) bond motifs is 3. The number of hydrogen-bond donors (Lipinski definition) is 3. The average Bonchev–Trinajstić information content (AvgIpc) is 3.12. The van der Waals surface area contributed by atoms with Crippen LogP contribution in [0.3, 0.4) is 0 Å². The maximum Gasteiger partial charge on any atom is 0.407 e. The lowest BCUT2D eigenvalue weighted by Crippen LogP contribution is -2.30. The van der Waals surface area contributed by atoms with Gasteiger partial charge in [-0.2, -0.15) is 0 Å². The maximum absolute atomic E-state index is 13.9. The highest BCUT2D eigenvalue weighted by atomic mass is 79.9. The summed E-state index contributed by atoms with van der Waals surface area (Å²) in [6.07, 6.45) is -3.22. The predicted octanol–water partition coefficient (Wildman–Crippen LogP) is 4.91. The van der Waals surface area contributed by atoms with E-state index in [2.05, 4.69) is 33.4 Å². The van der Waals surface area contributed by atoms with Crippen molar-refractivity contribution in [1.82, 2.24) is 5.32 Å². The van der Waals surface area contributed by atoms with E-state index in [9.17, 15) is 19.4 Å². The molecular formula is C25H23BrFNO4. The van der Waals surface area contributed by atoms with E-state index >= 15 is 0 Å². The van der Waals surface area contributed by atoms with E-state index in [1.807, 2.05) is 36.4 Å². The van der Waals surface area contributed by atoms with Gasteiger partial charge in [0.15, 0.2) is 0 Å². The molecule has 5 nitrogen and oxygen atoms in total. The second-order valence-corrected chi connectivity index (χ2v) is 8.63. The third-order valence-corrected chi connectivity index (χ3v) is 6.19. The Morgan fingerprint density at radius 1 is 1.03 bits per heavy atom. The van der Waals surface area contributed by atoms with Crippen molar-refractivity contribution < 1.29 is 24.1 Å². The molecule has 0 aromatic heterocycles. The van der Waals surface area contributed by atoms with Crippen molar-refractivity contribution in [2.75, 3.05) is 13.2 Å². The van der Waals surface area contributed by atoms with E-state index in [0.29, 0.717) is 4.47 Å². The quantitative estimate of drug-likeness (QED) is 0.431. The zero-order chi connectivity index (χ0) is 22.7. The van der Waals surface area contributed by atoms with Crippen LogP contribution in [0.15, 0.2) is 71.2 Å². The molecule has 0 heterocycles. The molecule has 3 aromatic rings. The van der Waals surface area contributed by atoms with Crippen molar-refractivity contribution in [1.29, 1.82) is 0 Å². The first kappa shape index (κ1) is 22.5. The molecule has 32 heavy (non-hydrogen) atoms. The molecule has 0 saturated carbocycles. The van der Waals surface area contributed by atoms with Gasteiger partial charge in [0.25, 0.3) is 0 Å². The molecule has 0 fully saturated rings. The predicted molar refractivity (Wildman–Crippen MR) is 123 cm³/mol. The van der Waals surface area contributed by atoms with Crippen LogP contribution < -0.4 is 5.32 Å². The zero-order valence-corrected chi connectivity index (χ0v) is 18.8. The number of carbonyl (C=O) groups is 1. The molecule has 0 radical (unpaired) electrons. The first-order valence-corrected chi connectivity index (χ1v) is 11.1. The number of carbonyl (C=O) groups excluding carboxylic acids is 1. The van der Waals surface area contributed by atoms with Gasteiger partial charge in [0.2, 0.25) is 0 Å². The van der Waals surface area contributed by atoms with Crippen LogP contribution in [-0.4, -0.2) is 35.6 Å². The summed E-state index contributed by atoms with van der Waals surface area (Å²) in [5.41, 5.74) is 4.53. The minimum Gasteiger partial charge on any atom is -0.449 e. The molecular weight excluding hydrogens is 477 g/mol. The average molecular weight is 500 g/mol. The van der Waals surface area contributed by atoms with Gasteiger partial charge in [0.05, 0.1) is 6.10 Å². The van der Waals surface area contributed by atoms with Crippen molar-refractivity contribution in [3.05, 3.63) is 93.7 Å². The molecule has 0 aliphatic heterocycles. The van der Waals surface area contributed by atoms with E-state index in [0.717, 1.165) is 22.3 Å². The summed E-state index contributed by atoms with van der Waals surface area (Å²) in [4.78, 5) is 12.2. The summed E-state index contributed by atoms with van der Waals surface area (Å²) in [7, 11) is 0. The van der Waals surface area contributed by atoms with Crippen LogP contribution in [0.25, 0.3) is 11.1 Å². The zero-order valence-electron chi connectivity index (χ0n) is 17.2. The number of amides is 1. The molecule has 1 aliphatic rings. The molecule has 4 rings (SSSR count). The smallest absolute Gasteiger partial charge is 0.407 e. The van der Waals surface area contributed by atoms with Crippen molar-refractivity contribution >= 4 is 22.0 Å². The van der Waals surface area contributed by atoms with E-state index in [1.165, 1.54) is 18.2 Å². The Hall–Kier alpha value is -2.74. The fraction of sp³-hybridized carbons (Fsp3) is 0.240. The van der Waals surface area contributed by atoms with Crippen LogP contribution in [0, 0.1) is 5.82 Å². The first-order chi connectivity index (χ1) is 15.5. The Morgan fingerprint density at radius 2 is 1.66 bits per heavy atom. The fourth-order valence-corrected chi connectivity index (χ4v) is 4.46. The van der Waals surface area contributed by atoms with Gasteiger partial charge >= 0.3 is 6.09 Å². The SMILES string of the molecule is O=C(NCCC(O)C(O)c1cc(Br)ccc1F)OCC1c2ccccc2-c2ccccc21. The molecule has 2 atom stereocenters. The van der Waals surface area contributed by atoms with Crippen molar-refractivity contribution in [2.45, 2.75) is 24.5 Å². The highest BCUT2D eigenvalue weighted by molar-refractivity contribution is 9.10. The Morgan fingerprint density at radius 3 is 2.31 bits per heavy atom. The van der Waals surface area contributed by atoms with Crippen molar-refractivity contribution in [2.24, 2.45) is 0 Å². The van der Waals surface area contributed by atoms with Crippen LogP contribution in [0.2, 0.25) is 0 Å². The minimum atomic E-state index is -1.41. The number of aliphatic hydroxyl groups excluding tert-OH is 2. The lowest BCUT2D eigenvalue weighted by molar-refractivity contribution is 0.0116. The highest BCUT2D eigenvalue weighted by Crippen LogP contribution is 2.44. The summed E-state index contributed by atoms with van der Waals surface area (Å²) in [6, 6.07) is 20.3. The monoisotopic (exact) mass is 499 g/mol. The second kappa shape index (κ2) is 9.81. The molecule has 3 N–H and O–H groups in total. The van der Waals surface area contributed by atoms with Gasteiger partial charge in [-0.3, -0.25) is 0 Å². The highest BCUT2D eigenvalue weighted by Gasteiger charge is 2.29. The van der Waals surface area contributed by atoms with Gasteiger partial charge in [-0.05, 0) is 46.9 Å². The molecule has 2 unspecified atom stereocenters. The third-order valence-electron chi connectivity index (χ3n) is 5.69. The van der Waals surface area contributed by atoms with Gasteiger partial charge in [-0.15, -0.1) is 0 Å². The largest absolute Gasteiger partial charge is 0.449 e. The minimum absolute atomic E-state index is 0.00647. The maximum atomic E-state index is 13.9. The van der Waals surface area contributed by atoms with Crippen LogP contribution in [0.5, 0.6) is 0 Å². The molecule has 3 aromatic carbocycles. The summed E-state index contributed by atoms with van der Waals surface area (Å²) in [6.45, 7) is 0.263. The summed E-state index contributed by atoms with van der Waals surface area (Å²) < 4.78 is 19.9. The molecule has 0 spiro atoms. The number of benzene rings is 3. The van der Waals surface area contributed by atoms with Crippen LogP contribution in [-0.2, 0) is 4.74 Å². The molecule has 1 amide bonds. The van der Waals surface area contributed by atoms with Crippen molar-refractivity contribution in [3.63, 3.8) is 0 Å². The summed E-state index contributed by atoms with van der Waals surface area (Å²) in [5.74, 6) is -0.649. The van der Waals surface area contributed by atoms with Crippen LogP contribution in [0.4, 0.5) is 9.18 Å².